The molecular formula is C21H24O6. The fourth-order valence-corrected chi connectivity index (χ4v) is 3.33. The highest BCUT2D eigenvalue weighted by Gasteiger charge is 2.42. The molecule has 1 heterocycles. The number of fused-ring (bicyclic) bond motifs is 1. The van der Waals surface area contributed by atoms with Gasteiger partial charge in [-0.3, -0.25) is 4.79 Å². The Kier molecular flexibility index (Phi) is 6.16. The number of hydrogen-bond donors (Lipinski definition) is 0. The van der Waals surface area contributed by atoms with E-state index in [1.165, 1.54) is 17.9 Å². The van der Waals surface area contributed by atoms with Crippen LogP contribution in [0.3, 0.4) is 0 Å². The predicted molar refractivity (Wildman–Crippen MR) is 98.2 cm³/mol. The molecule has 1 aliphatic carbocycles. The highest BCUT2D eigenvalue weighted by atomic mass is 16.7. The van der Waals surface area contributed by atoms with Gasteiger partial charge >= 0.3 is 6.16 Å². The van der Waals surface area contributed by atoms with Gasteiger partial charge in [-0.15, -0.1) is 0 Å². The lowest BCUT2D eigenvalue weighted by Gasteiger charge is -2.36. The van der Waals surface area contributed by atoms with Crippen LogP contribution in [0.5, 0.6) is 5.75 Å². The van der Waals surface area contributed by atoms with Crippen LogP contribution in [0.2, 0.25) is 0 Å². The molecule has 3 rings (SSSR count). The highest BCUT2D eigenvalue weighted by molar-refractivity contribution is 5.96. The molecular weight excluding hydrogens is 348 g/mol. The quantitative estimate of drug-likeness (QED) is 0.556. The highest BCUT2D eigenvalue weighted by Crippen LogP contribution is 2.35. The van der Waals surface area contributed by atoms with Gasteiger partial charge in [0.25, 0.3) is 0 Å². The van der Waals surface area contributed by atoms with Gasteiger partial charge in [0.1, 0.15) is 30.8 Å². The molecule has 3 atom stereocenters. The van der Waals surface area contributed by atoms with E-state index in [1.807, 2.05) is 24.3 Å². The molecule has 0 spiro atoms. The lowest BCUT2D eigenvalue weighted by molar-refractivity contribution is -0.132. The summed E-state index contributed by atoms with van der Waals surface area (Å²) in [6.45, 7) is 5.66. The molecule has 6 heteroatoms. The minimum Gasteiger partial charge on any atom is -0.493 e. The van der Waals surface area contributed by atoms with Crippen molar-refractivity contribution < 1.29 is 28.5 Å². The van der Waals surface area contributed by atoms with Crippen molar-refractivity contribution in [3.05, 3.63) is 54.5 Å². The second-order valence-electron chi connectivity index (χ2n) is 6.63. The fraction of sp³-hybridized carbons (Fsp3) is 0.429. The van der Waals surface area contributed by atoms with Gasteiger partial charge in [-0.1, -0.05) is 31.7 Å². The SMILES string of the molecule is C=CCOC(=O)OC1CCC2C(=O)C(Oc3ccc(CC)cc3)=COC2C1. The molecule has 1 aromatic rings. The molecule has 0 saturated heterocycles. The number of aryl methyl sites for hydroxylation is 1. The minimum atomic E-state index is -0.726. The van der Waals surface area contributed by atoms with E-state index in [2.05, 4.69) is 13.5 Å². The number of rotatable bonds is 6. The summed E-state index contributed by atoms with van der Waals surface area (Å²) in [5, 5.41) is 0. The lowest BCUT2D eigenvalue weighted by atomic mass is 9.80. The van der Waals surface area contributed by atoms with E-state index in [0.717, 1.165) is 6.42 Å². The zero-order valence-corrected chi connectivity index (χ0v) is 15.4. The number of Topliss-reactive ketones (excluding diaryl/α,β-unsaturated/α-hetero) is 1. The largest absolute Gasteiger partial charge is 0.508 e. The van der Waals surface area contributed by atoms with Crippen molar-refractivity contribution in [2.75, 3.05) is 6.61 Å². The number of carbonyl (C=O) groups is 2. The minimum absolute atomic E-state index is 0.0708. The third-order valence-electron chi connectivity index (χ3n) is 4.81. The van der Waals surface area contributed by atoms with Crippen LogP contribution >= 0.6 is 0 Å². The van der Waals surface area contributed by atoms with Crippen molar-refractivity contribution in [2.45, 2.75) is 44.8 Å². The van der Waals surface area contributed by atoms with Gasteiger partial charge in [-0.25, -0.2) is 4.79 Å². The Bertz CT molecular complexity index is 721. The van der Waals surface area contributed by atoms with E-state index >= 15 is 0 Å². The molecule has 6 nitrogen and oxygen atoms in total. The first-order chi connectivity index (χ1) is 13.1. The van der Waals surface area contributed by atoms with Crippen molar-refractivity contribution >= 4 is 11.9 Å². The van der Waals surface area contributed by atoms with Crippen molar-refractivity contribution in [2.24, 2.45) is 5.92 Å². The maximum absolute atomic E-state index is 12.7. The lowest BCUT2D eigenvalue weighted by Crippen LogP contribution is -2.43. The molecule has 0 aromatic heterocycles. The first-order valence-corrected chi connectivity index (χ1v) is 9.21. The Morgan fingerprint density at radius 3 is 2.78 bits per heavy atom. The second-order valence-corrected chi connectivity index (χ2v) is 6.63. The topological polar surface area (TPSA) is 71.1 Å². The van der Waals surface area contributed by atoms with Gasteiger partial charge in [0.2, 0.25) is 11.5 Å². The predicted octanol–water partition coefficient (Wildman–Crippen LogP) is 3.95. The Hall–Kier alpha value is -2.76. The molecule has 1 aromatic carbocycles. The summed E-state index contributed by atoms with van der Waals surface area (Å²) < 4.78 is 21.5. The number of ketones is 1. The van der Waals surface area contributed by atoms with Crippen molar-refractivity contribution in [3.8, 4) is 5.75 Å². The maximum atomic E-state index is 12.7. The van der Waals surface area contributed by atoms with Gasteiger partial charge in [0.15, 0.2) is 0 Å². The normalized spacial score (nSPS) is 24.1. The Morgan fingerprint density at radius 2 is 2.07 bits per heavy atom. The zero-order chi connectivity index (χ0) is 19.2. The average Bonchev–Trinajstić information content (AvgIpc) is 2.69. The molecule has 0 radical (unpaired) electrons. The van der Waals surface area contributed by atoms with Crippen LogP contribution in [0.25, 0.3) is 0 Å². The van der Waals surface area contributed by atoms with Crippen LogP contribution in [-0.2, 0) is 25.4 Å². The van der Waals surface area contributed by atoms with Gasteiger partial charge in [0, 0.05) is 6.42 Å². The van der Waals surface area contributed by atoms with Crippen molar-refractivity contribution in [1.29, 1.82) is 0 Å². The molecule has 3 unspecified atom stereocenters. The number of benzene rings is 1. The van der Waals surface area contributed by atoms with Gasteiger partial charge < -0.3 is 18.9 Å². The zero-order valence-electron chi connectivity index (χ0n) is 15.4. The van der Waals surface area contributed by atoms with Crippen molar-refractivity contribution in [3.63, 3.8) is 0 Å². The average molecular weight is 372 g/mol. The second kappa shape index (κ2) is 8.75. The summed E-state index contributed by atoms with van der Waals surface area (Å²) in [6, 6.07) is 7.64. The molecule has 1 aliphatic heterocycles. The molecule has 1 fully saturated rings. The third-order valence-corrected chi connectivity index (χ3v) is 4.81. The van der Waals surface area contributed by atoms with E-state index in [9.17, 15) is 9.59 Å². The molecule has 27 heavy (non-hydrogen) atoms. The van der Waals surface area contributed by atoms with Crippen LogP contribution in [0.15, 0.2) is 48.9 Å². The van der Waals surface area contributed by atoms with Gasteiger partial charge in [-0.2, -0.15) is 0 Å². The summed E-state index contributed by atoms with van der Waals surface area (Å²) in [5.74, 6) is 0.462. The Labute approximate surface area is 158 Å². The summed E-state index contributed by atoms with van der Waals surface area (Å²) in [4.78, 5) is 24.3. The van der Waals surface area contributed by atoms with E-state index in [4.69, 9.17) is 18.9 Å². The summed E-state index contributed by atoms with van der Waals surface area (Å²) >= 11 is 0. The summed E-state index contributed by atoms with van der Waals surface area (Å²) in [7, 11) is 0. The monoisotopic (exact) mass is 372 g/mol. The molecule has 144 valence electrons. The molecule has 0 amide bonds. The van der Waals surface area contributed by atoms with Crippen molar-refractivity contribution in [1.82, 2.24) is 0 Å². The van der Waals surface area contributed by atoms with E-state index < -0.39 is 6.16 Å². The molecule has 2 aliphatic rings. The number of hydrogen-bond acceptors (Lipinski definition) is 6. The van der Waals surface area contributed by atoms with Gasteiger partial charge in [-0.05, 0) is 37.0 Å². The van der Waals surface area contributed by atoms with Gasteiger partial charge in [0.05, 0.1) is 5.92 Å². The van der Waals surface area contributed by atoms with Crippen LogP contribution in [-0.4, -0.2) is 30.8 Å². The standard InChI is InChI=1S/C21H24O6/c1-3-11-24-21(23)27-16-9-10-17-18(12-16)25-13-19(20(17)22)26-15-7-5-14(4-2)6-8-15/h3,5-8,13,16-18H,1,4,9-12H2,2H3. The van der Waals surface area contributed by atoms with Crippen LogP contribution in [0.1, 0.15) is 31.7 Å². The third kappa shape index (κ3) is 4.70. The maximum Gasteiger partial charge on any atom is 0.508 e. The summed E-state index contributed by atoms with van der Waals surface area (Å²) in [6.07, 6.45) is 4.02. The number of ether oxygens (including phenoxy) is 4. The Balaban J connectivity index is 1.58. The van der Waals surface area contributed by atoms with Crippen LogP contribution in [0.4, 0.5) is 4.79 Å². The van der Waals surface area contributed by atoms with E-state index in [0.29, 0.717) is 25.0 Å². The Morgan fingerprint density at radius 1 is 1.30 bits per heavy atom. The first kappa shape index (κ1) is 19.0. The summed E-state index contributed by atoms with van der Waals surface area (Å²) in [5.41, 5.74) is 1.20. The molecule has 1 saturated carbocycles. The number of carbonyl (C=O) groups excluding carboxylic acids is 2. The number of allylic oxidation sites excluding steroid dienone is 1. The molecule has 0 bridgehead atoms. The first-order valence-electron chi connectivity index (χ1n) is 9.21. The van der Waals surface area contributed by atoms with Crippen LogP contribution < -0.4 is 4.74 Å². The van der Waals surface area contributed by atoms with E-state index in [1.54, 1.807) is 0 Å². The fourth-order valence-electron chi connectivity index (χ4n) is 3.33. The smallest absolute Gasteiger partial charge is 0.493 e. The van der Waals surface area contributed by atoms with E-state index in [-0.39, 0.29) is 36.3 Å². The van der Waals surface area contributed by atoms with Crippen LogP contribution in [0, 0.1) is 5.92 Å². The molecule has 0 N–H and O–H groups in total.